The lowest BCUT2D eigenvalue weighted by Crippen LogP contribution is -2.38. The minimum absolute atomic E-state index is 0.134. The predicted octanol–water partition coefficient (Wildman–Crippen LogP) is 1.89. The maximum absolute atomic E-state index is 14.3. The highest BCUT2D eigenvalue weighted by Gasteiger charge is 2.45. The summed E-state index contributed by atoms with van der Waals surface area (Å²) >= 11 is 0. The van der Waals surface area contributed by atoms with Crippen LogP contribution in [0.15, 0.2) is 18.3 Å². The maximum atomic E-state index is 14.3. The molecule has 3 heterocycles. The molecule has 0 unspecified atom stereocenters. The van der Waals surface area contributed by atoms with Crippen molar-refractivity contribution in [3.63, 3.8) is 0 Å². The van der Waals surface area contributed by atoms with Gasteiger partial charge in [-0.05, 0) is 24.7 Å². The molecule has 0 spiro atoms. The minimum Gasteiger partial charge on any atom is -0.466 e. The van der Waals surface area contributed by atoms with E-state index in [1.165, 1.54) is 6.20 Å². The second-order valence-corrected chi connectivity index (χ2v) is 7.70. The zero-order chi connectivity index (χ0) is 19.7. The number of aromatic nitrogens is 2. The van der Waals surface area contributed by atoms with E-state index in [0.717, 1.165) is 6.54 Å². The molecule has 1 aliphatic carbocycles. The molecule has 7 nitrogen and oxygen atoms in total. The van der Waals surface area contributed by atoms with Crippen LogP contribution in [0.3, 0.4) is 0 Å². The average Bonchev–Trinajstić information content (AvgIpc) is 3.13. The number of anilines is 2. The zero-order valence-corrected chi connectivity index (χ0v) is 16.4. The van der Waals surface area contributed by atoms with Gasteiger partial charge in [0, 0.05) is 26.2 Å². The minimum atomic E-state index is -0.416. The predicted molar refractivity (Wildman–Crippen MR) is 103 cm³/mol. The van der Waals surface area contributed by atoms with Gasteiger partial charge in [-0.2, -0.15) is 4.98 Å². The van der Waals surface area contributed by atoms with Gasteiger partial charge in [0.25, 0.3) is 0 Å². The lowest BCUT2D eigenvalue weighted by molar-refractivity contribution is -0.151. The molecular formula is C20H27FN4O3. The Kier molecular flexibility index (Phi) is 5.48. The van der Waals surface area contributed by atoms with E-state index in [4.69, 9.17) is 9.47 Å². The highest BCUT2D eigenvalue weighted by Crippen LogP contribution is 2.41. The number of carbonyl (C=O) groups excluding carboxylic acids is 1. The number of hydrogen-bond acceptors (Lipinski definition) is 7. The molecule has 1 aromatic heterocycles. The van der Waals surface area contributed by atoms with E-state index < -0.39 is 5.82 Å². The summed E-state index contributed by atoms with van der Waals surface area (Å²) in [6.45, 7) is 8.02. The van der Waals surface area contributed by atoms with Crippen molar-refractivity contribution in [1.29, 1.82) is 0 Å². The Morgan fingerprint density at radius 2 is 2.07 bits per heavy atom. The van der Waals surface area contributed by atoms with Crippen LogP contribution in [0.2, 0.25) is 0 Å². The smallest absolute Gasteiger partial charge is 0.309 e. The van der Waals surface area contributed by atoms with Crippen molar-refractivity contribution >= 4 is 17.7 Å². The van der Waals surface area contributed by atoms with Crippen molar-refractivity contribution in [2.24, 2.45) is 23.7 Å². The van der Waals surface area contributed by atoms with Crippen LogP contribution in [-0.2, 0) is 14.3 Å². The van der Waals surface area contributed by atoms with E-state index in [-0.39, 0.29) is 29.6 Å². The highest BCUT2D eigenvalue weighted by atomic mass is 19.1. The molecule has 152 valence electrons. The van der Waals surface area contributed by atoms with Crippen molar-refractivity contribution in [2.75, 3.05) is 55.8 Å². The molecule has 0 saturated carbocycles. The summed E-state index contributed by atoms with van der Waals surface area (Å²) in [5.41, 5.74) is 0. The van der Waals surface area contributed by atoms with Gasteiger partial charge in [-0.15, -0.1) is 0 Å². The van der Waals surface area contributed by atoms with E-state index in [1.54, 1.807) is 0 Å². The van der Waals surface area contributed by atoms with Crippen molar-refractivity contribution in [3.05, 3.63) is 24.2 Å². The molecule has 28 heavy (non-hydrogen) atoms. The Morgan fingerprint density at radius 3 is 2.82 bits per heavy atom. The second kappa shape index (κ2) is 8.03. The summed E-state index contributed by atoms with van der Waals surface area (Å²) in [4.78, 5) is 25.3. The van der Waals surface area contributed by atoms with Gasteiger partial charge in [0.05, 0.1) is 31.9 Å². The summed E-state index contributed by atoms with van der Waals surface area (Å²) in [6.07, 6.45) is 5.55. The first kappa shape index (κ1) is 19.1. The molecule has 0 amide bonds. The molecular weight excluding hydrogens is 363 g/mol. The van der Waals surface area contributed by atoms with Crippen LogP contribution in [0, 0.1) is 29.5 Å². The average molecular weight is 390 g/mol. The third-order valence-corrected chi connectivity index (χ3v) is 5.97. The Labute approximate surface area is 164 Å². The van der Waals surface area contributed by atoms with E-state index in [2.05, 4.69) is 33.9 Å². The SMILES string of the molecule is CCOC(=O)[C@@H]1[C@H]2CN(c3ncc(F)c(N4CCOCC4)n3)C[C@@H]2C=C[C@@H]1C. The molecule has 1 aromatic rings. The summed E-state index contributed by atoms with van der Waals surface area (Å²) in [7, 11) is 0. The van der Waals surface area contributed by atoms with Crippen molar-refractivity contribution in [2.45, 2.75) is 13.8 Å². The quantitative estimate of drug-likeness (QED) is 0.574. The van der Waals surface area contributed by atoms with Crippen LogP contribution >= 0.6 is 0 Å². The number of carbonyl (C=O) groups is 1. The number of esters is 1. The van der Waals surface area contributed by atoms with Crippen LogP contribution in [0.5, 0.6) is 0 Å². The molecule has 0 N–H and O–H groups in total. The number of allylic oxidation sites excluding steroid dienone is 1. The number of nitrogens with zero attached hydrogens (tertiary/aromatic N) is 4. The lowest BCUT2D eigenvalue weighted by atomic mass is 9.72. The van der Waals surface area contributed by atoms with Crippen LogP contribution in [-0.4, -0.2) is 61.9 Å². The van der Waals surface area contributed by atoms with Crippen molar-refractivity contribution in [3.8, 4) is 0 Å². The third-order valence-electron chi connectivity index (χ3n) is 5.97. The maximum Gasteiger partial charge on any atom is 0.309 e. The van der Waals surface area contributed by atoms with Gasteiger partial charge in [0.1, 0.15) is 0 Å². The number of hydrogen-bond donors (Lipinski definition) is 0. The van der Waals surface area contributed by atoms with Gasteiger partial charge >= 0.3 is 5.97 Å². The molecule has 8 heteroatoms. The Balaban J connectivity index is 1.55. The standard InChI is InChI=1S/C20H27FN4O3/c1-3-28-19(26)17-13(2)4-5-14-11-25(12-15(14)17)20-22-10-16(21)18(23-20)24-6-8-27-9-7-24/h4-5,10,13-15,17H,3,6-9,11-12H2,1-2H3/t13-,14-,15-,17-/m0/s1. The zero-order valence-electron chi connectivity index (χ0n) is 16.4. The number of ether oxygens (including phenoxy) is 2. The highest BCUT2D eigenvalue weighted by molar-refractivity contribution is 5.74. The first-order valence-electron chi connectivity index (χ1n) is 10.0. The molecule has 4 atom stereocenters. The first-order valence-corrected chi connectivity index (χ1v) is 10.0. The fourth-order valence-corrected chi connectivity index (χ4v) is 4.55. The normalized spacial score (nSPS) is 29.7. The number of rotatable bonds is 4. The number of morpholine rings is 1. The van der Waals surface area contributed by atoms with Gasteiger partial charge in [-0.1, -0.05) is 19.1 Å². The lowest BCUT2D eigenvalue weighted by Gasteiger charge is -2.31. The van der Waals surface area contributed by atoms with Crippen molar-refractivity contribution in [1.82, 2.24) is 9.97 Å². The van der Waals surface area contributed by atoms with Crippen LogP contribution in [0.4, 0.5) is 16.2 Å². The van der Waals surface area contributed by atoms with Gasteiger partial charge < -0.3 is 19.3 Å². The Morgan fingerprint density at radius 1 is 1.29 bits per heavy atom. The summed E-state index contributed by atoms with van der Waals surface area (Å²) in [5.74, 6) is 0.656. The molecule has 2 fully saturated rings. The summed E-state index contributed by atoms with van der Waals surface area (Å²) < 4.78 is 25.0. The van der Waals surface area contributed by atoms with Gasteiger partial charge in [0.2, 0.25) is 5.95 Å². The molecule has 0 aromatic carbocycles. The first-order chi connectivity index (χ1) is 13.6. The van der Waals surface area contributed by atoms with Gasteiger partial charge in [-0.3, -0.25) is 4.79 Å². The van der Waals surface area contributed by atoms with E-state index in [1.807, 2.05) is 11.8 Å². The monoisotopic (exact) mass is 390 g/mol. The fraction of sp³-hybridized carbons (Fsp3) is 0.650. The topological polar surface area (TPSA) is 67.8 Å². The van der Waals surface area contributed by atoms with E-state index >= 15 is 0 Å². The number of halogens is 1. The van der Waals surface area contributed by atoms with Gasteiger partial charge in [-0.25, -0.2) is 9.37 Å². The molecule has 2 saturated heterocycles. The van der Waals surface area contributed by atoms with Crippen LogP contribution in [0.25, 0.3) is 0 Å². The molecule has 4 rings (SSSR count). The number of fused-ring (bicyclic) bond motifs is 1. The Hall–Kier alpha value is -2.22. The summed E-state index contributed by atoms with van der Waals surface area (Å²) in [6, 6.07) is 0. The second-order valence-electron chi connectivity index (χ2n) is 7.70. The van der Waals surface area contributed by atoms with E-state index in [0.29, 0.717) is 51.2 Å². The van der Waals surface area contributed by atoms with Crippen LogP contribution in [0.1, 0.15) is 13.8 Å². The molecule has 3 aliphatic rings. The summed E-state index contributed by atoms with van der Waals surface area (Å²) in [5, 5.41) is 0. The van der Waals surface area contributed by atoms with Gasteiger partial charge in [0.15, 0.2) is 11.6 Å². The van der Waals surface area contributed by atoms with Crippen LogP contribution < -0.4 is 9.80 Å². The Bertz CT molecular complexity index is 753. The fourth-order valence-electron chi connectivity index (χ4n) is 4.55. The molecule has 0 radical (unpaired) electrons. The largest absolute Gasteiger partial charge is 0.466 e. The third kappa shape index (κ3) is 3.57. The molecule has 0 bridgehead atoms. The molecule has 2 aliphatic heterocycles. The van der Waals surface area contributed by atoms with E-state index in [9.17, 15) is 9.18 Å². The van der Waals surface area contributed by atoms with Crippen molar-refractivity contribution < 1.29 is 18.7 Å².